The zero-order chi connectivity index (χ0) is 22.1. The largest absolute Gasteiger partial charge is 0.490 e. The highest BCUT2D eigenvalue weighted by atomic mass is 35.5. The van der Waals surface area contributed by atoms with E-state index in [4.69, 9.17) is 21.1 Å². The summed E-state index contributed by atoms with van der Waals surface area (Å²) in [6.45, 7) is 3.98. The molecule has 0 aliphatic heterocycles. The molecule has 0 bridgehead atoms. The summed E-state index contributed by atoms with van der Waals surface area (Å²) in [5, 5.41) is 4.40. The van der Waals surface area contributed by atoms with Crippen LogP contribution in [-0.2, 0) is 0 Å². The van der Waals surface area contributed by atoms with E-state index >= 15 is 0 Å². The highest BCUT2D eigenvalue weighted by Crippen LogP contribution is 2.16. The molecule has 0 spiro atoms. The predicted molar refractivity (Wildman–Crippen MR) is 120 cm³/mol. The lowest BCUT2D eigenvalue weighted by molar-refractivity contribution is 0.0734. The molecule has 0 aliphatic carbocycles. The van der Waals surface area contributed by atoms with Gasteiger partial charge >= 0.3 is 5.97 Å². The molecule has 6 nitrogen and oxygen atoms in total. The SMILES string of the molecule is C=CCOc1ccc(C(=O)N/N=C/c2ccc(OC(=O)c3cccc(Cl)c3)cc2)cc1. The van der Waals surface area contributed by atoms with E-state index in [9.17, 15) is 9.59 Å². The van der Waals surface area contributed by atoms with Gasteiger partial charge < -0.3 is 9.47 Å². The number of amides is 1. The Morgan fingerprint density at radius 2 is 1.68 bits per heavy atom. The number of nitrogens with one attached hydrogen (secondary N) is 1. The van der Waals surface area contributed by atoms with Gasteiger partial charge in [-0.1, -0.05) is 30.3 Å². The van der Waals surface area contributed by atoms with Gasteiger partial charge in [0.05, 0.1) is 11.8 Å². The van der Waals surface area contributed by atoms with Crippen LogP contribution in [0.1, 0.15) is 26.3 Å². The fraction of sp³-hybridized carbons (Fsp3) is 0.0417. The van der Waals surface area contributed by atoms with Crippen molar-refractivity contribution in [2.24, 2.45) is 5.10 Å². The van der Waals surface area contributed by atoms with Crippen LogP contribution in [0.4, 0.5) is 0 Å². The maximum absolute atomic E-state index is 12.1. The lowest BCUT2D eigenvalue weighted by Crippen LogP contribution is -2.17. The topological polar surface area (TPSA) is 77.0 Å². The molecular formula is C24H19ClN2O4. The van der Waals surface area contributed by atoms with Crippen LogP contribution in [-0.4, -0.2) is 24.7 Å². The van der Waals surface area contributed by atoms with Gasteiger partial charge in [-0.25, -0.2) is 10.2 Å². The minimum Gasteiger partial charge on any atom is -0.490 e. The van der Waals surface area contributed by atoms with E-state index in [2.05, 4.69) is 17.1 Å². The number of ether oxygens (including phenoxy) is 2. The molecule has 0 aliphatic rings. The van der Waals surface area contributed by atoms with Crippen molar-refractivity contribution in [3.63, 3.8) is 0 Å². The first kappa shape index (κ1) is 21.8. The standard InChI is InChI=1S/C24H19ClN2O4/c1-2-14-30-21-12-8-18(9-13-21)23(28)27-26-16-17-6-10-22(11-7-17)31-24(29)19-4-3-5-20(25)15-19/h2-13,15-16H,1,14H2,(H,27,28)/b26-16+. The molecule has 7 heteroatoms. The fourth-order valence-corrected chi connectivity index (χ4v) is 2.68. The number of carbonyl (C=O) groups excluding carboxylic acids is 2. The summed E-state index contributed by atoms with van der Waals surface area (Å²) in [4.78, 5) is 24.3. The van der Waals surface area contributed by atoms with Gasteiger partial charge in [0.2, 0.25) is 0 Å². The summed E-state index contributed by atoms with van der Waals surface area (Å²) in [5.41, 5.74) is 3.99. The van der Waals surface area contributed by atoms with Crippen LogP contribution in [0.3, 0.4) is 0 Å². The van der Waals surface area contributed by atoms with E-state index in [-0.39, 0.29) is 5.91 Å². The van der Waals surface area contributed by atoms with E-state index in [1.165, 1.54) is 12.3 Å². The van der Waals surface area contributed by atoms with Crippen LogP contribution in [0, 0.1) is 0 Å². The van der Waals surface area contributed by atoms with Gasteiger partial charge in [-0.05, 0) is 72.3 Å². The van der Waals surface area contributed by atoms with Crippen LogP contribution in [0.25, 0.3) is 0 Å². The second-order valence-corrected chi connectivity index (χ2v) is 6.73. The molecule has 3 aromatic carbocycles. The Balaban J connectivity index is 1.52. The first-order valence-corrected chi connectivity index (χ1v) is 9.68. The zero-order valence-corrected chi connectivity index (χ0v) is 17.2. The number of benzene rings is 3. The molecule has 0 heterocycles. The summed E-state index contributed by atoms with van der Waals surface area (Å²) >= 11 is 5.89. The summed E-state index contributed by atoms with van der Waals surface area (Å²) in [5.74, 6) is 0.178. The van der Waals surface area contributed by atoms with Gasteiger partial charge in [-0.3, -0.25) is 4.79 Å². The van der Waals surface area contributed by atoms with Crippen LogP contribution in [0.5, 0.6) is 11.5 Å². The third kappa shape index (κ3) is 6.55. The Hall–Kier alpha value is -3.90. The van der Waals surface area contributed by atoms with Crippen molar-refractivity contribution < 1.29 is 19.1 Å². The molecule has 1 amide bonds. The number of halogens is 1. The fourth-order valence-electron chi connectivity index (χ4n) is 2.49. The lowest BCUT2D eigenvalue weighted by atomic mass is 10.2. The summed E-state index contributed by atoms with van der Waals surface area (Å²) < 4.78 is 10.7. The highest BCUT2D eigenvalue weighted by molar-refractivity contribution is 6.30. The Morgan fingerprint density at radius 3 is 2.35 bits per heavy atom. The maximum atomic E-state index is 12.1. The molecular weight excluding hydrogens is 416 g/mol. The van der Waals surface area contributed by atoms with Crippen LogP contribution < -0.4 is 14.9 Å². The van der Waals surface area contributed by atoms with Crippen molar-refractivity contribution in [2.45, 2.75) is 0 Å². The molecule has 156 valence electrons. The van der Waals surface area contributed by atoms with Crippen molar-refractivity contribution >= 4 is 29.7 Å². The normalized spacial score (nSPS) is 10.5. The zero-order valence-electron chi connectivity index (χ0n) is 16.5. The van der Waals surface area contributed by atoms with Gasteiger partial charge in [0.25, 0.3) is 5.91 Å². The Kier molecular flexibility index (Phi) is 7.56. The Bertz CT molecular complexity index is 1090. The number of hydrogen-bond donors (Lipinski definition) is 1. The monoisotopic (exact) mass is 434 g/mol. The van der Waals surface area contributed by atoms with Crippen molar-refractivity contribution in [1.29, 1.82) is 0 Å². The molecule has 0 saturated heterocycles. The quantitative estimate of drug-likeness (QED) is 0.180. The molecule has 3 rings (SSSR count). The number of nitrogens with zero attached hydrogens (tertiary/aromatic N) is 1. The van der Waals surface area contributed by atoms with Gasteiger partial charge in [-0.2, -0.15) is 5.10 Å². The number of rotatable bonds is 8. The summed E-state index contributed by atoms with van der Waals surface area (Å²) in [7, 11) is 0. The van der Waals surface area contributed by atoms with Gasteiger partial charge in [0.1, 0.15) is 18.1 Å². The lowest BCUT2D eigenvalue weighted by Gasteiger charge is -2.05. The van der Waals surface area contributed by atoms with Crippen LogP contribution >= 0.6 is 11.6 Å². The molecule has 0 radical (unpaired) electrons. The molecule has 0 aromatic heterocycles. The van der Waals surface area contributed by atoms with E-state index in [1.807, 2.05) is 0 Å². The number of hydrogen-bond acceptors (Lipinski definition) is 5. The third-order valence-corrected chi connectivity index (χ3v) is 4.25. The van der Waals surface area contributed by atoms with Crippen molar-refractivity contribution in [2.75, 3.05) is 6.61 Å². The first-order chi connectivity index (χ1) is 15.0. The molecule has 0 atom stereocenters. The van der Waals surface area contributed by atoms with E-state index in [1.54, 1.807) is 72.8 Å². The van der Waals surface area contributed by atoms with Gasteiger partial charge in [0, 0.05) is 10.6 Å². The number of esters is 1. The van der Waals surface area contributed by atoms with Crippen molar-refractivity contribution in [3.8, 4) is 11.5 Å². The van der Waals surface area contributed by atoms with E-state index in [0.29, 0.717) is 34.3 Å². The summed E-state index contributed by atoms with van der Waals surface area (Å²) in [6, 6.07) is 19.9. The number of hydrazone groups is 1. The van der Waals surface area contributed by atoms with Crippen molar-refractivity contribution in [3.05, 3.63) is 107 Å². The smallest absolute Gasteiger partial charge is 0.343 e. The highest BCUT2D eigenvalue weighted by Gasteiger charge is 2.09. The summed E-state index contributed by atoms with van der Waals surface area (Å²) in [6.07, 6.45) is 3.13. The molecule has 3 aromatic rings. The average molecular weight is 435 g/mol. The minimum atomic E-state index is -0.503. The molecule has 0 unspecified atom stereocenters. The van der Waals surface area contributed by atoms with Crippen LogP contribution in [0.15, 0.2) is 90.6 Å². The minimum absolute atomic E-state index is 0.349. The molecule has 1 N–H and O–H groups in total. The first-order valence-electron chi connectivity index (χ1n) is 9.30. The third-order valence-electron chi connectivity index (χ3n) is 4.02. The second-order valence-electron chi connectivity index (χ2n) is 6.29. The van der Waals surface area contributed by atoms with Gasteiger partial charge in [-0.15, -0.1) is 0 Å². The second kappa shape index (κ2) is 10.8. The van der Waals surface area contributed by atoms with Crippen LogP contribution in [0.2, 0.25) is 5.02 Å². The molecule has 0 saturated carbocycles. The van der Waals surface area contributed by atoms with Crippen molar-refractivity contribution in [1.82, 2.24) is 5.43 Å². The number of carbonyl (C=O) groups is 2. The Labute approximate surface area is 184 Å². The average Bonchev–Trinajstić information content (AvgIpc) is 2.79. The Morgan fingerprint density at radius 1 is 0.968 bits per heavy atom. The predicted octanol–water partition coefficient (Wildman–Crippen LogP) is 4.89. The van der Waals surface area contributed by atoms with E-state index < -0.39 is 5.97 Å². The van der Waals surface area contributed by atoms with Gasteiger partial charge in [0.15, 0.2) is 0 Å². The maximum Gasteiger partial charge on any atom is 0.343 e. The molecule has 31 heavy (non-hydrogen) atoms. The van der Waals surface area contributed by atoms with E-state index in [0.717, 1.165) is 5.56 Å². The molecule has 0 fully saturated rings.